The molecule has 20 heavy (non-hydrogen) atoms. The van der Waals surface area contributed by atoms with Crippen molar-refractivity contribution in [2.45, 2.75) is 38.3 Å². The van der Waals surface area contributed by atoms with E-state index in [1.54, 1.807) is 12.1 Å². The Morgan fingerprint density at radius 1 is 1.45 bits per heavy atom. The molecule has 1 saturated carbocycles. The second kappa shape index (κ2) is 6.56. The lowest BCUT2D eigenvalue weighted by atomic mass is 9.89. The van der Waals surface area contributed by atoms with E-state index in [-0.39, 0.29) is 17.5 Å². The van der Waals surface area contributed by atoms with E-state index in [1.807, 2.05) is 0 Å². The van der Waals surface area contributed by atoms with Gasteiger partial charge in [0.05, 0.1) is 18.1 Å². The van der Waals surface area contributed by atoms with E-state index in [9.17, 15) is 10.1 Å². The lowest BCUT2D eigenvalue weighted by Crippen LogP contribution is -2.46. The Balaban J connectivity index is 1.91. The number of hydrogen-bond acceptors (Lipinski definition) is 5. The van der Waals surface area contributed by atoms with Crippen LogP contribution < -0.4 is 14.8 Å². The van der Waals surface area contributed by atoms with Gasteiger partial charge in [0, 0.05) is 6.04 Å². The van der Waals surface area contributed by atoms with E-state index in [0.29, 0.717) is 11.8 Å². The predicted octanol–water partition coefficient (Wildman–Crippen LogP) is 2.51. The number of benzene rings is 1. The van der Waals surface area contributed by atoms with Crippen molar-refractivity contribution in [3.05, 3.63) is 28.3 Å². The molecule has 0 radical (unpaired) electrons. The van der Waals surface area contributed by atoms with Crippen molar-refractivity contribution >= 4 is 5.69 Å². The molecule has 1 aromatic rings. The first kappa shape index (κ1) is 14.6. The highest BCUT2D eigenvalue weighted by Gasteiger charge is 2.30. The van der Waals surface area contributed by atoms with Gasteiger partial charge in [0.25, 0.3) is 0 Å². The minimum Gasteiger partial charge on any atom is -0.490 e. The number of rotatable bonds is 7. The maximum absolute atomic E-state index is 10.9. The second-order valence-corrected chi connectivity index (χ2v) is 4.95. The second-order valence-electron chi connectivity index (χ2n) is 4.95. The molecular formula is C14H20N2O4. The molecule has 0 saturated heterocycles. The van der Waals surface area contributed by atoms with Crippen molar-refractivity contribution in [2.75, 3.05) is 13.7 Å². The van der Waals surface area contributed by atoms with Gasteiger partial charge >= 0.3 is 5.69 Å². The Hall–Kier alpha value is -1.82. The molecule has 0 bridgehead atoms. The van der Waals surface area contributed by atoms with Crippen LogP contribution in [0.1, 0.15) is 26.2 Å². The van der Waals surface area contributed by atoms with Crippen molar-refractivity contribution in [3.63, 3.8) is 0 Å². The van der Waals surface area contributed by atoms with Crippen LogP contribution in [0.2, 0.25) is 0 Å². The van der Waals surface area contributed by atoms with Gasteiger partial charge in [-0.15, -0.1) is 0 Å². The number of methoxy groups -OCH3 is 1. The third-order valence-corrected chi connectivity index (χ3v) is 3.43. The molecule has 0 atom stereocenters. The zero-order valence-electron chi connectivity index (χ0n) is 11.8. The van der Waals surface area contributed by atoms with Gasteiger partial charge in [-0.25, -0.2) is 0 Å². The molecule has 6 nitrogen and oxygen atoms in total. The highest BCUT2D eigenvalue weighted by atomic mass is 16.6. The van der Waals surface area contributed by atoms with Gasteiger partial charge in [-0.05, 0) is 37.9 Å². The molecule has 110 valence electrons. The van der Waals surface area contributed by atoms with Crippen LogP contribution in [0.4, 0.5) is 5.69 Å². The van der Waals surface area contributed by atoms with E-state index >= 15 is 0 Å². The molecule has 1 aromatic carbocycles. The Morgan fingerprint density at radius 2 is 2.20 bits per heavy atom. The summed E-state index contributed by atoms with van der Waals surface area (Å²) < 4.78 is 10.7. The summed E-state index contributed by atoms with van der Waals surface area (Å²) in [5.74, 6) is 0.773. The molecule has 0 spiro atoms. The molecule has 6 heteroatoms. The normalized spacial score (nSPS) is 21.1. The maximum atomic E-state index is 10.9. The van der Waals surface area contributed by atoms with E-state index in [0.717, 1.165) is 25.8 Å². The number of nitrogens with one attached hydrogen (secondary N) is 1. The van der Waals surface area contributed by atoms with Gasteiger partial charge in [-0.3, -0.25) is 10.1 Å². The van der Waals surface area contributed by atoms with Crippen LogP contribution in [0.15, 0.2) is 18.2 Å². The molecule has 0 aromatic heterocycles. The number of nitro benzene ring substituents is 1. The Labute approximate surface area is 118 Å². The van der Waals surface area contributed by atoms with E-state index in [1.165, 1.54) is 13.2 Å². The fourth-order valence-electron chi connectivity index (χ4n) is 2.26. The first-order valence-electron chi connectivity index (χ1n) is 6.86. The minimum atomic E-state index is -0.460. The molecule has 1 N–H and O–H groups in total. The molecule has 2 rings (SSSR count). The summed E-state index contributed by atoms with van der Waals surface area (Å²) in [5, 5.41) is 14.4. The number of ether oxygens (including phenoxy) is 2. The van der Waals surface area contributed by atoms with Crippen LogP contribution in [0, 0.1) is 10.1 Å². The summed E-state index contributed by atoms with van der Waals surface area (Å²) in [6, 6.07) is 5.21. The van der Waals surface area contributed by atoms with Gasteiger partial charge in [-0.2, -0.15) is 0 Å². The summed E-state index contributed by atoms with van der Waals surface area (Å²) in [6.45, 7) is 3.15. The van der Waals surface area contributed by atoms with Crippen LogP contribution >= 0.6 is 0 Å². The molecule has 0 heterocycles. The number of hydrogen-bond donors (Lipinski definition) is 1. The Kier molecular flexibility index (Phi) is 4.79. The molecule has 0 aliphatic heterocycles. The summed E-state index contributed by atoms with van der Waals surface area (Å²) in [6.07, 6.45) is 3.14. The fourth-order valence-corrected chi connectivity index (χ4v) is 2.26. The highest BCUT2D eigenvalue weighted by molar-refractivity contribution is 5.50. The zero-order chi connectivity index (χ0) is 14.5. The van der Waals surface area contributed by atoms with Gasteiger partial charge < -0.3 is 14.8 Å². The van der Waals surface area contributed by atoms with Gasteiger partial charge in [0.1, 0.15) is 11.9 Å². The zero-order valence-corrected chi connectivity index (χ0v) is 11.8. The van der Waals surface area contributed by atoms with E-state index in [2.05, 4.69) is 12.2 Å². The molecule has 0 amide bonds. The fraction of sp³-hybridized carbons (Fsp3) is 0.571. The summed E-state index contributed by atoms with van der Waals surface area (Å²) >= 11 is 0. The predicted molar refractivity (Wildman–Crippen MR) is 75.4 cm³/mol. The molecule has 1 fully saturated rings. The van der Waals surface area contributed by atoms with Crippen molar-refractivity contribution in [2.24, 2.45) is 0 Å². The monoisotopic (exact) mass is 280 g/mol. The minimum absolute atomic E-state index is 0.0648. The summed E-state index contributed by atoms with van der Waals surface area (Å²) in [7, 11) is 1.42. The summed E-state index contributed by atoms with van der Waals surface area (Å²) in [5.41, 5.74) is -0.0648. The largest absolute Gasteiger partial charge is 0.490 e. The topological polar surface area (TPSA) is 73.6 Å². The third kappa shape index (κ3) is 3.39. The van der Waals surface area contributed by atoms with Crippen molar-refractivity contribution in [1.82, 2.24) is 5.32 Å². The number of nitrogens with zero attached hydrogens (tertiary/aromatic N) is 1. The Bertz CT molecular complexity index is 472. The van der Waals surface area contributed by atoms with Gasteiger partial charge in [0.15, 0.2) is 5.75 Å². The lowest BCUT2D eigenvalue weighted by molar-refractivity contribution is -0.385. The first-order valence-corrected chi connectivity index (χ1v) is 6.86. The average molecular weight is 280 g/mol. The van der Waals surface area contributed by atoms with Crippen molar-refractivity contribution in [3.8, 4) is 11.5 Å². The van der Waals surface area contributed by atoms with Crippen LogP contribution in [-0.2, 0) is 0 Å². The molecular weight excluding hydrogens is 260 g/mol. The van der Waals surface area contributed by atoms with Crippen LogP contribution in [0.5, 0.6) is 11.5 Å². The molecule has 1 aliphatic rings. The number of nitro groups is 1. The highest BCUT2D eigenvalue weighted by Crippen LogP contribution is 2.33. The quantitative estimate of drug-likeness (QED) is 0.613. The maximum Gasteiger partial charge on any atom is 0.314 e. The third-order valence-electron chi connectivity index (χ3n) is 3.43. The standard InChI is InChI=1S/C14H20N2O4/c1-3-6-15-10-7-12(8-10)20-11-4-5-14(19-2)13(9-11)16(17)18/h4-5,9-10,12,15H,3,6-8H2,1-2H3. The van der Waals surface area contributed by atoms with E-state index in [4.69, 9.17) is 9.47 Å². The summed E-state index contributed by atoms with van der Waals surface area (Å²) in [4.78, 5) is 10.5. The van der Waals surface area contributed by atoms with Gasteiger partial charge in [0.2, 0.25) is 0 Å². The van der Waals surface area contributed by atoms with Crippen LogP contribution in [0.25, 0.3) is 0 Å². The Morgan fingerprint density at radius 3 is 2.80 bits per heavy atom. The van der Waals surface area contributed by atoms with Crippen LogP contribution in [-0.4, -0.2) is 30.7 Å². The van der Waals surface area contributed by atoms with Gasteiger partial charge in [-0.1, -0.05) is 6.92 Å². The molecule has 1 aliphatic carbocycles. The first-order chi connectivity index (χ1) is 9.63. The van der Waals surface area contributed by atoms with E-state index < -0.39 is 4.92 Å². The average Bonchev–Trinajstić information content (AvgIpc) is 2.40. The van der Waals surface area contributed by atoms with Crippen molar-refractivity contribution in [1.29, 1.82) is 0 Å². The lowest BCUT2D eigenvalue weighted by Gasteiger charge is -2.36. The van der Waals surface area contributed by atoms with Crippen molar-refractivity contribution < 1.29 is 14.4 Å². The smallest absolute Gasteiger partial charge is 0.314 e. The molecule has 0 unspecified atom stereocenters. The SMILES string of the molecule is CCCNC1CC(Oc2ccc(OC)c([N+](=O)[O-])c2)C1. The van der Waals surface area contributed by atoms with Crippen LogP contribution in [0.3, 0.4) is 0 Å².